The molecule has 2 N–H and O–H groups in total. The molecule has 5 nitrogen and oxygen atoms in total. The maximum Gasteiger partial charge on any atom is 0.243 e. The summed E-state index contributed by atoms with van der Waals surface area (Å²) in [5, 5.41) is 0.670. The molecule has 1 aromatic carbocycles. The van der Waals surface area contributed by atoms with E-state index < -0.39 is 10.0 Å². The fourth-order valence-electron chi connectivity index (χ4n) is 2.37. The molecule has 0 amide bonds. The van der Waals surface area contributed by atoms with Gasteiger partial charge in [-0.15, -0.1) is 0 Å². The van der Waals surface area contributed by atoms with Crippen LogP contribution in [0, 0.1) is 6.92 Å². The lowest BCUT2D eigenvalue weighted by molar-refractivity contribution is 0.423. The van der Waals surface area contributed by atoms with Crippen LogP contribution in [0.4, 0.5) is 0 Å². The zero-order valence-corrected chi connectivity index (χ0v) is 13.2. The van der Waals surface area contributed by atoms with E-state index in [2.05, 4.69) is 4.98 Å². The van der Waals surface area contributed by atoms with Gasteiger partial charge in [-0.1, -0.05) is 13.0 Å². The van der Waals surface area contributed by atoms with Gasteiger partial charge < -0.3 is 5.73 Å². The third-order valence-electron chi connectivity index (χ3n) is 3.51. The highest BCUT2D eigenvalue weighted by atomic mass is 32.2. The average Bonchev–Trinajstić information content (AvgIpc) is 2.48. The number of nitrogens with zero attached hydrogens (tertiary/aromatic N) is 2. The molecule has 0 aliphatic rings. The first-order valence-corrected chi connectivity index (χ1v) is 8.51. The number of nitrogens with two attached hydrogens (primary N) is 1. The smallest absolute Gasteiger partial charge is 0.243 e. The Labute approximate surface area is 125 Å². The van der Waals surface area contributed by atoms with Crippen molar-refractivity contribution in [3.63, 3.8) is 0 Å². The minimum Gasteiger partial charge on any atom is -0.330 e. The van der Waals surface area contributed by atoms with Crippen LogP contribution >= 0.6 is 0 Å². The second-order valence-corrected chi connectivity index (χ2v) is 6.83. The van der Waals surface area contributed by atoms with Gasteiger partial charge >= 0.3 is 0 Å². The molecule has 0 saturated heterocycles. The van der Waals surface area contributed by atoms with Crippen LogP contribution in [0.1, 0.15) is 18.9 Å². The van der Waals surface area contributed by atoms with Crippen molar-refractivity contribution in [3.8, 4) is 0 Å². The Balaban J connectivity index is 2.57. The molecular weight excluding hydrogens is 286 g/mol. The Bertz CT molecular complexity index is 729. The van der Waals surface area contributed by atoms with Crippen molar-refractivity contribution in [2.45, 2.75) is 25.2 Å². The predicted molar refractivity (Wildman–Crippen MR) is 84.6 cm³/mol. The van der Waals surface area contributed by atoms with Crippen LogP contribution in [0.2, 0.25) is 0 Å². The molecule has 1 aromatic heterocycles. The largest absolute Gasteiger partial charge is 0.330 e. The Morgan fingerprint density at radius 3 is 2.71 bits per heavy atom. The predicted octanol–water partition coefficient (Wildman–Crippen LogP) is 1.90. The van der Waals surface area contributed by atoms with Crippen LogP contribution in [-0.4, -0.2) is 37.3 Å². The fourth-order valence-corrected chi connectivity index (χ4v) is 4.04. The Kier molecular flexibility index (Phi) is 4.92. The van der Waals surface area contributed by atoms with Crippen molar-refractivity contribution in [1.29, 1.82) is 0 Å². The van der Waals surface area contributed by atoms with Crippen molar-refractivity contribution in [1.82, 2.24) is 9.29 Å². The molecular formula is C15H21N3O2S. The molecule has 0 aliphatic heterocycles. The average molecular weight is 307 g/mol. The van der Waals surface area contributed by atoms with E-state index in [-0.39, 0.29) is 0 Å². The van der Waals surface area contributed by atoms with Gasteiger partial charge in [-0.05, 0) is 43.7 Å². The highest BCUT2D eigenvalue weighted by Crippen LogP contribution is 2.26. The lowest BCUT2D eigenvalue weighted by Gasteiger charge is -2.21. The lowest BCUT2D eigenvalue weighted by Crippen LogP contribution is -2.33. The molecule has 0 radical (unpaired) electrons. The summed E-state index contributed by atoms with van der Waals surface area (Å²) < 4.78 is 27.2. The number of pyridine rings is 1. The van der Waals surface area contributed by atoms with E-state index in [9.17, 15) is 8.42 Å². The van der Waals surface area contributed by atoms with E-state index in [1.807, 2.05) is 13.8 Å². The van der Waals surface area contributed by atoms with Crippen LogP contribution in [-0.2, 0) is 10.0 Å². The first-order chi connectivity index (χ1) is 10.0. The summed E-state index contributed by atoms with van der Waals surface area (Å²) in [4.78, 5) is 4.61. The van der Waals surface area contributed by atoms with Crippen molar-refractivity contribution < 1.29 is 8.42 Å². The molecule has 1 heterocycles. The molecule has 6 heteroatoms. The SMILES string of the molecule is CCN(CCCN)S(=O)(=O)c1ccc(C)c2ncccc12. The quantitative estimate of drug-likeness (QED) is 0.884. The maximum absolute atomic E-state index is 12.9. The van der Waals surface area contributed by atoms with E-state index in [4.69, 9.17) is 5.73 Å². The molecule has 114 valence electrons. The highest BCUT2D eigenvalue weighted by Gasteiger charge is 2.25. The van der Waals surface area contributed by atoms with Crippen molar-refractivity contribution in [2.24, 2.45) is 5.73 Å². The number of aromatic nitrogens is 1. The van der Waals surface area contributed by atoms with E-state index >= 15 is 0 Å². The monoisotopic (exact) mass is 307 g/mol. The maximum atomic E-state index is 12.9. The van der Waals surface area contributed by atoms with Crippen LogP contribution in [0.25, 0.3) is 10.9 Å². The van der Waals surface area contributed by atoms with Gasteiger partial charge in [-0.25, -0.2) is 8.42 Å². The summed E-state index contributed by atoms with van der Waals surface area (Å²) in [5.74, 6) is 0. The van der Waals surface area contributed by atoms with E-state index in [0.717, 1.165) is 11.1 Å². The number of benzene rings is 1. The molecule has 0 atom stereocenters. The van der Waals surface area contributed by atoms with Gasteiger partial charge in [0.05, 0.1) is 10.4 Å². The number of sulfonamides is 1. The first kappa shape index (κ1) is 15.9. The van der Waals surface area contributed by atoms with Crippen molar-refractivity contribution in [3.05, 3.63) is 36.0 Å². The summed E-state index contributed by atoms with van der Waals surface area (Å²) in [6.07, 6.45) is 2.33. The van der Waals surface area contributed by atoms with E-state index in [1.165, 1.54) is 4.31 Å². The third-order valence-corrected chi connectivity index (χ3v) is 5.55. The van der Waals surface area contributed by atoms with Gasteiger partial charge in [-0.3, -0.25) is 4.98 Å². The Hall–Kier alpha value is -1.50. The summed E-state index contributed by atoms with van der Waals surface area (Å²) in [7, 11) is -3.53. The van der Waals surface area contributed by atoms with Gasteiger partial charge in [0.2, 0.25) is 10.0 Å². The summed E-state index contributed by atoms with van der Waals surface area (Å²) in [6, 6.07) is 7.04. The zero-order valence-electron chi connectivity index (χ0n) is 12.4. The minimum absolute atomic E-state index is 0.315. The standard InChI is InChI=1S/C15H21N3O2S/c1-3-18(11-5-9-16)21(19,20)14-8-7-12(2)15-13(14)6-4-10-17-15/h4,6-8,10H,3,5,9,11,16H2,1-2H3. The van der Waals surface area contributed by atoms with Crippen molar-refractivity contribution in [2.75, 3.05) is 19.6 Å². The van der Waals surface area contributed by atoms with Crippen molar-refractivity contribution >= 4 is 20.9 Å². The molecule has 2 rings (SSSR count). The lowest BCUT2D eigenvalue weighted by atomic mass is 10.1. The fraction of sp³-hybridized carbons (Fsp3) is 0.400. The number of fused-ring (bicyclic) bond motifs is 1. The van der Waals surface area contributed by atoms with Gasteiger partial charge in [0.1, 0.15) is 0 Å². The van der Waals surface area contributed by atoms with Crippen LogP contribution in [0.15, 0.2) is 35.4 Å². The molecule has 0 unspecified atom stereocenters. The molecule has 0 aliphatic carbocycles. The van der Waals surface area contributed by atoms with Crippen LogP contribution < -0.4 is 5.73 Å². The second kappa shape index (κ2) is 6.51. The second-order valence-electron chi connectivity index (χ2n) is 4.92. The minimum atomic E-state index is -3.53. The normalized spacial score (nSPS) is 12.2. The molecule has 21 heavy (non-hydrogen) atoms. The number of hydrogen-bond donors (Lipinski definition) is 1. The van der Waals surface area contributed by atoms with Gasteiger partial charge in [-0.2, -0.15) is 4.31 Å². The van der Waals surface area contributed by atoms with Gasteiger partial charge in [0.15, 0.2) is 0 Å². The van der Waals surface area contributed by atoms with Crippen LogP contribution in [0.3, 0.4) is 0 Å². The highest BCUT2D eigenvalue weighted by molar-refractivity contribution is 7.89. The molecule has 0 spiro atoms. The van der Waals surface area contributed by atoms with E-state index in [0.29, 0.717) is 36.3 Å². The molecule has 0 saturated carbocycles. The van der Waals surface area contributed by atoms with Gasteiger partial charge in [0.25, 0.3) is 0 Å². The summed E-state index contributed by atoms with van der Waals surface area (Å²) in [6.45, 7) is 5.10. The van der Waals surface area contributed by atoms with Gasteiger partial charge in [0, 0.05) is 24.7 Å². The number of aryl methyl sites for hydroxylation is 1. The molecule has 0 bridgehead atoms. The van der Waals surface area contributed by atoms with Crippen LogP contribution in [0.5, 0.6) is 0 Å². The number of rotatable bonds is 6. The molecule has 2 aromatic rings. The zero-order chi connectivity index (χ0) is 15.5. The first-order valence-electron chi connectivity index (χ1n) is 7.07. The molecule has 0 fully saturated rings. The Morgan fingerprint density at radius 1 is 1.29 bits per heavy atom. The van der Waals surface area contributed by atoms with E-state index in [1.54, 1.807) is 30.5 Å². The summed E-state index contributed by atoms with van der Waals surface area (Å²) in [5.41, 5.74) is 7.19. The third kappa shape index (κ3) is 3.07. The Morgan fingerprint density at radius 2 is 2.05 bits per heavy atom. The number of hydrogen-bond acceptors (Lipinski definition) is 4. The summed E-state index contributed by atoms with van der Waals surface area (Å²) >= 11 is 0. The topological polar surface area (TPSA) is 76.3 Å².